The van der Waals surface area contributed by atoms with Crippen LogP contribution in [0, 0.1) is 12.7 Å². The summed E-state index contributed by atoms with van der Waals surface area (Å²) in [6, 6.07) is 11.6. The maximum atomic E-state index is 13.5. The van der Waals surface area contributed by atoms with Crippen LogP contribution in [-0.4, -0.2) is 19.0 Å². The smallest absolute Gasteiger partial charge is 0.418 e. The van der Waals surface area contributed by atoms with E-state index in [1.165, 1.54) is 13.2 Å². The van der Waals surface area contributed by atoms with Crippen molar-refractivity contribution >= 4 is 40.1 Å². The fourth-order valence-electron chi connectivity index (χ4n) is 4.15. The molecule has 0 aliphatic rings. The van der Waals surface area contributed by atoms with Crippen molar-refractivity contribution in [2.75, 3.05) is 12.4 Å². The average molecular weight is 562 g/mol. The molecule has 6 nitrogen and oxygen atoms in total. The summed E-state index contributed by atoms with van der Waals surface area (Å²) in [5, 5.41) is 2.88. The van der Waals surface area contributed by atoms with Crippen molar-refractivity contribution in [2.45, 2.75) is 25.9 Å². The van der Waals surface area contributed by atoms with Crippen molar-refractivity contribution in [3.63, 3.8) is 0 Å². The largest absolute Gasteiger partial charge is 0.469 e. The Labute approximate surface area is 224 Å². The number of ether oxygens (including phenoxy) is 1. The number of nitrogens with one attached hydrogen (secondary N) is 1. The van der Waals surface area contributed by atoms with Crippen LogP contribution in [0.3, 0.4) is 0 Å². The van der Waals surface area contributed by atoms with Gasteiger partial charge in [0.2, 0.25) is 5.91 Å². The molecule has 1 N–H and O–H groups in total. The number of carbonyl (C=O) groups is 2. The Morgan fingerprint density at radius 1 is 1.05 bits per heavy atom. The van der Waals surface area contributed by atoms with Crippen molar-refractivity contribution in [1.29, 1.82) is 0 Å². The fraction of sp³-hybridized carbons (Fsp3) is 0.179. The zero-order valence-electron chi connectivity index (χ0n) is 20.5. The zero-order chi connectivity index (χ0) is 28.5. The number of hydrogen-bond donors (Lipinski definition) is 1. The molecule has 0 atom stereocenters. The summed E-state index contributed by atoms with van der Waals surface area (Å²) in [5.74, 6) is -2.58. The van der Waals surface area contributed by atoms with E-state index in [0.29, 0.717) is 27.1 Å². The topological polar surface area (TPSA) is 85.6 Å². The Balaban J connectivity index is 1.84. The number of anilines is 1. The van der Waals surface area contributed by atoms with Crippen LogP contribution in [0.2, 0.25) is 5.02 Å². The summed E-state index contributed by atoms with van der Waals surface area (Å²) in [4.78, 5) is 37.9. The summed E-state index contributed by atoms with van der Waals surface area (Å²) in [5.41, 5.74) is -0.996. The maximum absolute atomic E-state index is 13.5. The molecule has 0 aliphatic carbocycles. The van der Waals surface area contributed by atoms with Gasteiger partial charge in [-0.05, 0) is 47.9 Å². The monoisotopic (exact) mass is 561 g/mol. The third kappa shape index (κ3) is 6.12. The van der Waals surface area contributed by atoms with E-state index in [4.69, 9.17) is 20.8 Å². The van der Waals surface area contributed by atoms with Crippen LogP contribution in [0.15, 0.2) is 63.8 Å². The van der Waals surface area contributed by atoms with Crippen molar-refractivity contribution in [1.82, 2.24) is 0 Å². The molecule has 3 aromatic carbocycles. The number of alkyl halides is 3. The molecule has 1 amide bonds. The first kappa shape index (κ1) is 27.8. The van der Waals surface area contributed by atoms with Gasteiger partial charge in [0.05, 0.1) is 36.8 Å². The number of amides is 1. The van der Waals surface area contributed by atoms with Gasteiger partial charge in [-0.2, -0.15) is 13.2 Å². The zero-order valence-corrected chi connectivity index (χ0v) is 21.3. The van der Waals surface area contributed by atoms with E-state index in [2.05, 4.69) is 5.32 Å². The number of halogens is 5. The Morgan fingerprint density at radius 2 is 1.79 bits per heavy atom. The second kappa shape index (κ2) is 10.9. The standard InChI is InChI=1S/C28H20ClF4NO5/c1-14-8-18-23(13-21(14)29)39-27(37)19(26(18)16-5-3-4-15(9-16)10-25(36)38-2)12-24(35)34-22-7-6-17(30)11-20(22)28(31,32)33/h3-9,11,13H,10,12H2,1-2H3,(H,34,35). The SMILES string of the molecule is COC(=O)Cc1cccc(-c2c(CC(=O)Nc3ccc(F)cc3C(F)(F)F)c(=O)oc3cc(Cl)c(C)cc23)c1. The van der Waals surface area contributed by atoms with Crippen LogP contribution in [0.4, 0.5) is 23.2 Å². The Kier molecular flexibility index (Phi) is 7.78. The van der Waals surface area contributed by atoms with Crippen molar-refractivity contribution in [3.05, 3.63) is 98.1 Å². The molecule has 0 aliphatic heterocycles. The maximum Gasteiger partial charge on any atom is 0.418 e. The first-order chi connectivity index (χ1) is 18.4. The molecule has 4 rings (SSSR count). The van der Waals surface area contributed by atoms with E-state index in [0.717, 1.165) is 12.1 Å². The molecule has 1 heterocycles. The van der Waals surface area contributed by atoms with E-state index >= 15 is 0 Å². The lowest BCUT2D eigenvalue weighted by molar-refractivity contribution is -0.140. The van der Waals surface area contributed by atoms with Crippen LogP contribution in [0.5, 0.6) is 0 Å². The van der Waals surface area contributed by atoms with Gasteiger partial charge in [-0.1, -0.05) is 35.9 Å². The molecule has 202 valence electrons. The summed E-state index contributed by atoms with van der Waals surface area (Å²) in [7, 11) is 1.25. The Morgan fingerprint density at radius 3 is 2.49 bits per heavy atom. The highest BCUT2D eigenvalue weighted by Gasteiger charge is 2.34. The van der Waals surface area contributed by atoms with Gasteiger partial charge in [0.25, 0.3) is 0 Å². The van der Waals surface area contributed by atoms with Crippen molar-refractivity contribution in [2.24, 2.45) is 0 Å². The van der Waals surface area contributed by atoms with Gasteiger partial charge in [-0.3, -0.25) is 9.59 Å². The third-order valence-corrected chi connectivity index (χ3v) is 6.38. The van der Waals surface area contributed by atoms with E-state index in [1.54, 1.807) is 37.3 Å². The van der Waals surface area contributed by atoms with E-state index in [1.807, 2.05) is 0 Å². The normalized spacial score (nSPS) is 11.5. The van der Waals surface area contributed by atoms with Gasteiger partial charge in [-0.15, -0.1) is 0 Å². The number of carbonyl (C=O) groups excluding carboxylic acids is 2. The number of methoxy groups -OCH3 is 1. The Bertz CT molecular complexity index is 1660. The van der Waals surface area contributed by atoms with E-state index < -0.39 is 47.2 Å². The van der Waals surface area contributed by atoms with E-state index in [9.17, 15) is 31.9 Å². The van der Waals surface area contributed by atoms with Gasteiger partial charge < -0.3 is 14.5 Å². The quantitative estimate of drug-likeness (QED) is 0.165. The Hall–Kier alpha value is -4.18. The van der Waals surface area contributed by atoms with Gasteiger partial charge >= 0.3 is 17.8 Å². The number of fused-ring (bicyclic) bond motifs is 1. The molecule has 1 aromatic heterocycles. The lowest BCUT2D eigenvalue weighted by Gasteiger charge is -2.16. The second-order valence-corrected chi connectivity index (χ2v) is 9.11. The minimum Gasteiger partial charge on any atom is -0.469 e. The van der Waals surface area contributed by atoms with Crippen LogP contribution in [0.1, 0.15) is 22.3 Å². The average Bonchev–Trinajstić information content (AvgIpc) is 2.86. The van der Waals surface area contributed by atoms with Gasteiger partial charge in [0.1, 0.15) is 11.4 Å². The highest BCUT2D eigenvalue weighted by atomic mass is 35.5. The second-order valence-electron chi connectivity index (χ2n) is 8.71. The molecular weight excluding hydrogens is 542 g/mol. The minimum atomic E-state index is -4.94. The predicted octanol–water partition coefficient (Wildman–Crippen LogP) is 6.48. The highest BCUT2D eigenvalue weighted by Crippen LogP contribution is 2.37. The third-order valence-electron chi connectivity index (χ3n) is 5.97. The van der Waals surface area contributed by atoms with Crippen LogP contribution in [-0.2, 0) is 33.3 Å². The molecule has 0 unspecified atom stereocenters. The first-order valence-electron chi connectivity index (χ1n) is 11.5. The number of rotatable bonds is 6. The van der Waals surface area contributed by atoms with Gasteiger partial charge in [0.15, 0.2) is 0 Å². The van der Waals surface area contributed by atoms with Crippen LogP contribution >= 0.6 is 11.6 Å². The summed E-state index contributed by atoms with van der Waals surface area (Å²) < 4.78 is 63.9. The van der Waals surface area contributed by atoms with Crippen LogP contribution < -0.4 is 10.9 Å². The molecular formula is C28H20ClF4NO5. The molecule has 0 radical (unpaired) electrons. The molecule has 0 spiro atoms. The summed E-state index contributed by atoms with van der Waals surface area (Å²) >= 11 is 6.22. The van der Waals surface area contributed by atoms with Gasteiger partial charge in [0, 0.05) is 22.0 Å². The fourth-order valence-corrected chi connectivity index (χ4v) is 4.30. The molecule has 0 saturated heterocycles. The predicted molar refractivity (Wildman–Crippen MR) is 137 cm³/mol. The van der Waals surface area contributed by atoms with Crippen molar-refractivity contribution in [3.8, 4) is 11.1 Å². The van der Waals surface area contributed by atoms with Gasteiger partial charge in [-0.25, -0.2) is 9.18 Å². The lowest BCUT2D eigenvalue weighted by atomic mass is 9.93. The molecule has 4 aromatic rings. The number of hydrogen-bond acceptors (Lipinski definition) is 5. The molecule has 0 fully saturated rings. The van der Waals surface area contributed by atoms with Crippen molar-refractivity contribution < 1.29 is 36.3 Å². The lowest BCUT2D eigenvalue weighted by Crippen LogP contribution is -2.22. The highest BCUT2D eigenvalue weighted by molar-refractivity contribution is 6.32. The molecule has 39 heavy (non-hydrogen) atoms. The summed E-state index contributed by atoms with van der Waals surface area (Å²) in [6.45, 7) is 1.73. The minimum absolute atomic E-state index is 0.0603. The first-order valence-corrected chi connectivity index (χ1v) is 11.8. The number of esters is 1. The number of benzene rings is 3. The summed E-state index contributed by atoms with van der Waals surface area (Å²) in [6.07, 6.45) is -5.66. The van der Waals surface area contributed by atoms with Crippen LogP contribution in [0.25, 0.3) is 22.1 Å². The molecule has 0 bridgehead atoms. The molecule has 0 saturated carbocycles. The molecule has 11 heteroatoms. The van der Waals surface area contributed by atoms with E-state index in [-0.39, 0.29) is 29.2 Å². The number of aryl methyl sites for hydroxylation is 1.